The summed E-state index contributed by atoms with van der Waals surface area (Å²) in [4.78, 5) is 4.24. The third kappa shape index (κ3) is 3.83. The summed E-state index contributed by atoms with van der Waals surface area (Å²) in [5.41, 5.74) is 0.757. The Balaban J connectivity index is 2.18. The minimum absolute atomic E-state index is 0.0483. The van der Waals surface area contributed by atoms with Crippen LogP contribution in [-0.4, -0.2) is 14.7 Å². The zero-order valence-electron chi connectivity index (χ0n) is 12.0. The number of hydrogen-bond acceptors (Lipinski definition) is 3. The van der Waals surface area contributed by atoms with E-state index in [1.165, 1.54) is 30.0 Å². The molecule has 1 aromatic carbocycles. The van der Waals surface area contributed by atoms with Gasteiger partial charge in [-0.1, -0.05) is 31.7 Å². The molecule has 0 aliphatic carbocycles. The fourth-order valence-corrected chi connectivity index (χ4v) is 3.02. The molecule has 3 nitrogen and oxygen atoms in total. The van der Waals surface area contributed by atoms with Crippen LogP contribution in [0.15, 0.2) is 29.6 Å². The van der Waals surface area contributed by atoms with E-state index in [1.807, 2.05) is 4.57 Å². The lowest BCUT2D eigenvalue weighted by molar-refractivity contribution is 0.266. The highest BCUT2D eigenvalue weighted by molar-refractivity contribution is 7.98. The quantitative estimate of drug-likeness (QED) is 0.828. The van der Waals surface area contributed by atoms with Crippen molar-refractivity contribution in [2.45, 2.75) is 37.9 Å². The fourth-order valence-electron chi connectivity index (χ4n) is 2.00. The number of aliphatic hydroxyl groups excluding tert-OH is 1. The van der Waals surface area contributed by atoms with Crippen molar-refractivity contribution in [3.05, 3.63) is 47.3 Å². The summed E-state index contributed by atoms with van der Waals surface area (Å²) in [6.45, 7) is 4.73. The molecule has 6 heteroatoms. The van der Waals surface area contributed by atoms with Crippen molar-refractivity contribution in [3.63, 3.8) is 0 Å². The Morgan fingerprint density at radius 1 is 1.29 bits per heavy atom. The minimum atomic E-state index is -0.549. The number of hydrogen-bond donors (Lipinski definition) is 1. The van der Waals surface area contributed by atoms with Crippen LogP contribution in [-0.2, 0) is 18.9 Å². The van der Waals surface area contributed by atoms with E-state index in [9.17, 15) is 13.9 Å². The van der Waals surface area contributed by atoms with Gasteiger partial charge in [0.25, 0.3) is 0 Å². The van der Waals surface area contributed by atoms with E-state index < -0.39 is 11.6 Å². The van der Waals surface area contributed by atoms with Gasteiger partial charge in [-0.05, 0) is 18.1 Å². The first kappa shape index (κ1) is 16.0. The average Bonchev–Trinajstić information content (AvgIpc) is 2.80. The summed E-state index contributed by atoms with van der Waals surface area (Å²) in [5, 5.41) is 9.99. The first-order chi connectivity index (χ1) is 10.0. The van der Waals surface area contributed by atoms with E-state index in [4.69, 9.17) is 0 Å². The highest BCUT2D eigenvalue weighted by Crippen LogP contribution is 2.26. The molecule has 0 atom stereocenters. The van der Waals surface area contributed by atoms with Crippen molar-refractivity contribution in [2.75, 3.05) is 0 Å². The molecule has 114 valence electrons. The van der Waals surface area contributed by atoms with Gasteiger partial charge in [-0.2, -0.15) is 0 Å². The van der Waals surface area contributed by atoms with Gasteiger partial charge in [0.05, 0.1) is 18.5 Å². The van der Waals surface area contributed by atoms with Gasteiger partial charge in [-0.25, -0.2) is 13.8 Å². The normalized spacial score (nSPS) is 11.3. The first-order valence-electron chi connectivity index (χ1n) is 6.73. The minimum Gasteiger partial charge on any atom is -0.390 e. The third-order valence-corrected chi connectivity index (χ3v) is 4.04. The van der Waals surface area contributed by atoms with Gasteiger partial charge >= 0.3 is 0 Å². The molecule has 1 aromatic heterocycles. The summed E-state index contributed by atoms with van der Waals surface area (Å²) in [5.74, 6) is -0.550. The summed E-state index contributed by atoms with van der Waals surface area (Å²) < 4.78 is 29.1. The lowest BCUT2D eigenvalue weighted by atomic mass is 10.2. The van der Waals surface area contributed by atoms with Crippen molar-refractivity contribution < 1.29 is 13.9 Å². The molecule has 0 aliphatic rings. The van der Waals surface area contributed by atoms with Gasteiger partial charge in [0.2, 0.25) is 0 Å². The van der Waals surface area contributed by atoms with Crippen molar-refractivity contribution in [1.29, 1.82) is 0 Å². The van der Waals surface area contributed by atoms with Crippen LogP contribution >= 0.6 is 11.8 Å². The second kappa shape index (κ2) is 7.04. The third-order valence-electron chi connectivity index (χ3n) is 3.02. The molecule has 0 aliphatic heterocycles. The van der Waals surface area contributed by atoms with Crippen molar-refractivity contribution in [3.8, 4) is 0 Å². The summed E-state index contributed by atoms with van der Waals surface area (Å²) in [6.07, 6.45) is 1.60. The molecule has 1 heterocycles. The standard InChI is InChI=1S/C15H18F2N2OS/c1-10(2)7-19-11(8-20)6-18-15(19)21-9-12-13(16)4-3-5-14(12)17/h3-6,10,20H,7-9H2,1-2H3. The zero-order valence-corrected chi connectivity index (χ0v) is 12.8. The van der Waals surface area contributed by atoms with Gasteiger partial charge < -0.3 is 9.67 Å². The molecule has 0 bridgehead atoms. The van der Waals surface area contributed by atoms with Crippen LogP contribution in [0.2, 0.25) is 0 Å². The second-order valence-electron chi connectivity index (χ2n) is 5.18. The number of benzene rings is 1. The molecule has 0 amide bonds. The van der Waals surface area contributed by atoms with Gasteiger partial charge in [-0.3, -0.25) is 0 Å². The van der Waals surface area contributed by atoms with Gasteiger partial charge in [-0.15, -0.1) is 0 Å². The predicted molar refractivity (Wildman–Crippen MR) is 78.9 cm³/mol. The number of aromatic nitrogens is 2. The summed E-state index contributed by atoms with van der Waals surface area (Å²) in [7, 11) is 0. The lowest BCUT2D eigenvalue weighted by Crippen LogP contribution is -2.09. The van der Waals surface area contributed by atoms with Crippen LogP contribution in [0, 0.1) is 17.6 Å². The Morgan fingerprint density at radius 2 is 1.95 bits per heavy atom. The lowest BCUT2D eigenvalue weighted by Gasteiger charge is -2.13. The Kier molecular flexibility index (Phi) is 5.36. The smallest absolute Gasteiger partial charge is 0.168 e. The highest BCUT2D eigenvalue weighted by atomic mass is 32.2. The molecular weight excluding hydrogens is 294 g/mol. The van der Waals surface area contributed by atoms with Gasteiger partial charge in [0.15, 0.2) is 5.16 Å². The van der Waals surface area contributed by atoms with Crippen LogP contribution in [0.25, 0.3) is 0 Å². The number of thioether (sulfide) groups is 1. The second-order valence-corrected chi connectivity index (χ2v) is 6.13. The molecule has 0 saturated heterocycles. The van der Waals surface area contributed by atoms with E-state index >= 15 is 0 Å². The first-order valence-corrected chi connectivity index (χ1v) is 7.72. The Bertz CT molecular complexity index is 593. The van der Waals surface area contributed by atoms with Crippen LogP contribution in [0.4, 0.5) is 8.78 Å². The van der Waals surface area contributed by atoms with E-state index in [2.05, 4.69) is 18.8 Å². The fraction of sp³-hybridized carbons (Fsp3) is 0.400. The molecule has 0 radical (unpaired) electrons. The molecule has 0 saturated carbocycles. The summed E-state index contributed by atoms with van der Waals surface area (Å²) >= 11 is 1.27. The number of rotatable bonds is 6. The monoisotopic (exact) mass is 312 g/mol. The molecule has 0 fully saturated rings. The van der Waals surface area contributed by atoms with Gasteiger partial charge in [0.1, 0.15) is 11.6 Å². The molecule has 2 rings (SSSR count). The molecule has 0 unspecified atom stereocenters. The van der Waals surface area contributed by atoms with Gasteiger partial charge in [0, 0.05) is 17.9 Å². The highest BCUT2D eigenvalue weighted by Gasteiger charge is 2.14. The Hall–Kier alpha value is -1.40. The van der Waals surface area contributed by atoms with Crippen LogP contribution in [0.5, 0.6) is 0 Å². The number of nitrogens with zero attached hydrogens (tertiary/aromatic N) is 2. The molecular formula is C15H18F2N2OS. The van der Waals surface area contributed by atoms with E-state index in [-0.39, 0.29) is 17.9 Å². The molecule has 2 aromatic rings. The summed E-state index contributed by atoms with van der Waals surface area (Å²) in [6, 6.07) is 3.85. The topological polar surface area (TPSA) is 38.0 Å². The maximum atomic E-state index is 13.6. The van der Waals surface area contributed by atoms with Crippen LogP contribution in [0.1, 0.15) is 25.1 Å². The predicted octanol–water partition coefficient (Wildman–Crippen LogP) is 3.60. The van der Waals surface area contributed by atoms with E-state index in [0.717, 1.165) is 0 Å². The van der Waals surface area contributed by atoms with Crippen molar-refractivity contribution in [1.82, 2.24) is 9.55 Å². The number of aliphatic hydroxyl groups is 1. The zero-order chi connectivity index (χ0) is 15.4. The van der Waals surface area contributed by atoms with Crippen molar-refractivity contribution in [2.24, 2.45) is 5.92 Å². The maximum Gasteiger partial charge on any atom is 0.168 e. The Morgan fingerprint density at radius 3 is 2.52 bits per heavy atom. The Labute approximate surface area is 127 Å². The number of imidazole rings is 1. The van der Waals surface area contributed by atoms with E-state index in [1.54, 1.807) is 6.20 Å². The van der Waals surface area contributed by atoms with Crippen LogP contribution < -0.4 is 0 Å². The SMILES string of the molecule is CC(C)Cn1c(CO)cnc1SCc1c(F)cccc1F. The molecule has 0 spiro atoms. The molecule has 21 heavy (non-hydrogen) atoms. The average molecular weight is 312 g/mol. The maximum absolute atomic E-state index is 13.6. The van der Waals surface area contributed by atoms with Crippen molar-refractivity contribution >= 4 is 11.8 Å². The van der Waals surface area contributed by atoms with E-state index in [0.29, 0.717) is 23.3 Å². The largest absolute Gasteiger partial charge is 0.390 e. The number of halogens is 2. The molecule has 1 N–H and O–H groups in total. The van der Waals surface area contributed by atoms with Crippen LogP contribution in [0.3, 0.4) is 0 Å².